The minimum atomic E-state index is -4.17. The molecule has 0 radical (unpaired) electrons. The van der Waals surface area contributed by atoms with Gasteiger partial charge in [0.05, 0.1) is 6.42 Å². The van der Waals surface area contributed by atoms with E-state index in [-0.39, 0.29) is 6.42 Å². The quantitative estimate of drug-likeness (QED) is 0.854. The molecular weight excluding hydrogens is 299 g/mol. The third-order valence-corrected chi connectivity index (χ3v) is 5.15. The molecule has 6 nitrogen and oxygen atoms in total. The van der Waals surface area contributed by atoms with Crippen LogP contribution in [0.1, 0.15) is 31.2 Å². The number of carboxylic acids is 1. The Morgan fingerprint density at radius 3 is 2.62 bits per heavy atom. The average molecular weight is 312 g/mol. The Kier molecular flexibility index (Phi) is 3.98. The van der Waals surface area contributed by atoms with Crippen molar-refractivity contribution < 1.29 is 22.7 Å². The summed E-state index contributed by atoms with van der Waals surface area (Å²) in [6, 6.07) is 4.83. The van der Waals surface area contributed by atoms with Gasteiger partial charge in [-0.1, -0.05) is 6.07 Å². The Labute approximate surface area is 121 Å². The van der Waals surface area contributed by atoms with Crippen molar-refractivity contribution in [3.8, 4) is 6.07 Å². The number of hydrogen-bond donors (Lipinski definition) is 2. The molecule has 1 aromatic rings. The van der Waals surface area contributed by atoms with E-state index in [4.69, 9.17) is 10.4 Å². The molecule has 0 saturated heterocycles. The number of aliphatic carboxylic acids is 1. The molecule has 0 aromatic heterocycles. The largest absolute Gasteiger partial charge is 0.481 e. The summed E-state index contributed by atoms with van der Waals surface area (Å²) in [5.74, 6) is -2.04. The van der Waals surface area contributed by atoms with Gasteiger partial charge in [-0.25, -0.2) is 17.5 Å². The standard InChI is InChI=1S/C13H13FN2O4S/c14-10-3-1-4-11(9(10)8-15)21(19,20)16-13(5-2-6-13)7-12(17)18/h1,3-4,16H,2,5-7H2,(H,17,18). The van der Waals surface area contributed by atoms with Crippen molar-refractivity contribution in [2.45, 2.75) is 36.1 Å². The molecule has 1 fully saturated rings. The molecule has 1 aromatic carbocycles. The first kappa shape index (κ1) is 15.4. The van der Waals surface area contributed by atoms with Crippen molar-refractivity contribution in [3.63, 3.8) is 0 Å². The predicted octanol–water partition coefficient (Wildman–Crippen LogP) is 1.37. The second-order valence-electron chi connectivity index (χ2n) is 5.03. The van der Waals surface area contributed by atoms with Crippen LogP contribution in [0, 0.1) is 17.1 Å². The highest BCUT2D eigenvalue weighted by Crippen LogP contribution is 2.36. The molecule has 2 N–H and O–H groups in total. The molecule has 1 saturated carbocycles. The summed E-state index contributed by atoms with van der Waals surface area (Å²) < 4.78 is 40.5. The van der Waals surface area contributed by atoms with Crippen LogP contribution in [-0.4, -0.2) is 25.0 Å². The number of carboxylic acid groups (broad SMARTS) is 1. The Hall–Kier alpha value is -1.98. The summed E-state index contributed by atoms with van der Waals surface area (Å²) in [7, 11) is -4.17. The van der Waals surface area contributed by atoms with E-state index in [2.05, 4.69) is 4.72 Å². The zero-order valence-electron chi connectivity index (χ0n) is 11.0. The maximum Gasteiger partial charge on any atom is 0.305 e. The first-order valence-electron chi connectivity index (χ1n) is 6.24. The Bertz CT molecular complexity index is 720. The van der Waals surface area contributed by atoms with Gasteiger partial charge in [0, 0.05) is 5.54 Å². The lowest BCUT2D eigenvalue weighted by Gasteiger charge is -2.41. The van der Waals surface area contributed by atoms with Crippen molar-refractivity contribution in [1.82, 2.24) is 4.72 Å². The smallest absolute Gasteiger partial charge is 0.305 e. The second-order valence-corrected chi connectivity index (χ2v) is 6.69. The van der Waals surface area contributed by atoms with E-state index < -0.39 is 37.8 Å². The topological polar surface area (TPSA) is 107 Å². The van der Waals surface area contributed by atoms with E-state index in [1.54, 1.807) is 0 Å². The summed E-state index contributed by atoms with van der Waals surface area (Å²) in [6.45, 7) is 0. The van der Waals surface area contributed by atoms with Gasteiger partial charge >= 0.3 is 5.97 Å². The summed E-state index contributed by atoms with van der Waals surface area (Å²) in [6.07, 6.45) is 1.17. The lowest BCUT2D eigenvalue weighted by Crippen LogP contribution is -2.54. The van der Waals surface area contributed by atoms with Crippen molar-refractivity contribution >= 4 is 16.0 Å². The molecule has 0 unspecified atom stereocenters. The number of carbonyl (C=O) groups is 1. The molecule has 1 aliphatic carbocycles. The second kappa shape index (κ2) is 5.42. The number of rotatable bonds is 5. The molecule has 0 bridgehead atoms. The van der Waals surface area contributed by atoms with Crippen LogP contribution in [0.25, 0.3) is 0 Å². The van der Waals surface area contributed by atoms with Gasteiger partial charge in [0.15, 0.2) is 0 Å². The number of nitriles is 1. The molecule has 2 rings (SSSR count). The fourth-order valence-electron chi connectivity index (χ4n) is 2.38. The van der Waals surface area contributed by atoms with E-state index in [1.807, 2.05) is 0 Å². The first-order chi connectivity index (χ1) is 9.80. The highest BCUT2D eigenvalue weighted by atomic mass is 32.2. The van der Waals surface area contributed by atoms with E-state index in [0.717, 1.165) is 12.1 Å². The SMILES string of the molecule is N#Cc1c(F)cccc1S(=O)(=O)NC1(CC(=O)O)CCC1. The van der Waals surface area contributed by atoms with E-state index in [0.29, 0.717) is 19.3 Å². The van der Waals surface area contributed by atoms with Gasteiger partial charge in [-0.15, -0.1) is 0 Å². The maximum atomic E-state index is 13.5. The Morgan fingerprint density at radius 2 is 2.14 bits per heavy atom. The number of sulfonamides is 1. The minimum absolute atomic E-state index is 0.344. The summed E-state index contributed by atoms with van der Waals surface area (Å²) in [5.41, 5.74) is -1.63. The number of nitrogens with one attached hydrogen (secondary N) is 1. The number of benzene rings is 1. The van der Waals surface area contributed by atoms with Crippen LogP contribution in [0.5, 0.6) is 0 Å². The highest BCUT2D eigenvalue weighted by Gasteiger charge is 2.43. The zero-order valence-corrected chi connectivity index (χ0v) is 11.8. The van der Waals surface area contributed by atoms with Crippen LogP contribution in [0.4, 0.5) is 4.39 Å². The molecule has 21 heavy (non-hydrogen) atoms. The molecule has 0 atom stereocenters. The fraction of sp³-hybridized carbons (Fsp3) is 0.385. The van der Waals surface area contributed by atoms with Gasteiger partial charge < -0.3 is 5.11 Å². The van der Waals surface area contributed by atoms with Crippen molar-refractivity contribution in [1.29, 1.82) is 5.26 Å². The predicted molar refractivity (Wildman–Crippen MR) is 70.3 cm³/mol. The Morgan fingerprint density at radius 1 is 1.48 bits per heavy atom. The molecule has 112 valence electrons. The third kappa shape index (κ3) is 3.04. The maximum absolute atomic E-state index is 13.5. The molecule has 0 aliphatic heterocycles. The lowest BCUT2D eigenvalue weighted by atomic mass is 9.75. The van der Waals surface area contributed by atoms with E-state index in [9.17, 15) is 17.6 Å². The van der Waals surface area contributed by atoms with Gasteiger partial charge in [0.2, 0.25) is 10.0 Å². The Balaban J connectivity index is 2.38. The van der Waals surface area contributed by atoms with E-state index in [1.165, 1.54) is 12.1 Å². The molecule has 0 heterocycles. The monoisotopic (exact) mass is 312 g/mol. The van der Waals surface area contributed by atoms with Crippen LogP contribution in [0.3, 0.4) is 0 Å². The van der Waals surface area contributed by atoms with Crippen LogP contribution in [0.15, 0.2) is 23.1 Å². The first-order valence-corrected chi connectivity index (χ1v) is 7.72. The molecule has 0 amide bonds. The van der Waals surface area contributed by atoms with E-state index >= 15 is 0 Å². The fourth-order valence-corrected chi connectivity index (χ4v) is 4.01. The summed E-state index contributed by atoms with van der Waals surface area (Å²) in [5, 5.41) is 17.8. The van der Waals surface area contributed by atoms with Crippen LogP contribution in [0.2, 0.25) is 0 Å². The van der Waals surface area contributed by atoms with Gasteiger partial charge in [0.25, 0.3) is 0 Å². The number of nitrogens with zero attached hydrogens (tertiary/aromatic N) is 1. The molecule has 8 heteroatoms. The number of hydrogen-bond acceptors (Lipinski definition) is 4. The lowest BCUT2D eigenvalue weighted by molar-refractivity contribution is -0.139. The van der Waals surface area contributed by atoms with Crippen molar-refractivity contribution in [2.75, 3.05) is 0 Å². The highest BCUT2D eigenvalue weighted by molar-refractivity contribution is 7.89. The van der Waals surface area contributed by atoms with Gasteiger partial charge in [0.1, 0.15) is 22.3 Å². The van der Waals surface area contributed by atoms with Gasteiger partial charge in [-0.05, 0) is 31.4 Å². The number of halogens is 1. The molecular formula is C13H13FN2O4S. The van der Waals surface area contributed by atoms with Crippen LogP contribution >= 0.6 is 0 Å². The van der Waals surface area contributed by atoms with Crippen molar-refractivity contribution in [3.05, 3.63) is 29.6 Å². The molecule has 0 spiro atoms. The van der Waals surface area contributed by atoms with Crippen molar-refractivity contribution in [2.24, 2.45) is 0 Å². The molecule has 1 aliphatic rings. The van der Waals surface area contributed by atoms with Gasteiger partial charge in [-0.3, -0.25) is 4.79 Å². The normalized spacial score (nSPS) is 16.8. The zero-order chi connectivity index (χ0) is 15.7. The van der Waals surface area contributed by atoms with Gasteiger partial charge in [-0.2, -0.15) is 5.26 Å². The average Bonchev–Trinajstić information content (AvgIpc) is 2.35. The third-order valence-electron chi connectivity index (χ3n) is 3.53. The van der Waals surface area contributed by atoms with Crippen LogP contribution < -0.4 is 4.72 Å². The van der Waals surface area contributed by atoms with Crippen LogP contribution in [-0.2, 0) is 14.8 Å². The summed E-state index contributed by atoms with van der Waals surface area (Å²) >= 11 is 0. The minimum Gasteiger partial charge on any atom is -0.481 e. The summed E-state index contributed by atoms with van der Waals surface area (Å²) in [4.78, 5) is 10.4.